The van der Waals surface area contributed by atoms with Crippen LogP contribution in [0.5, 0.6) is 0 Å². The fourth-order valence-electron chi connectivity index (χ4n) is 1.36. The van der Waals surface area contributed by atoms with E-state index in [2.05, 4.69) is 34.1 Å². The van der Waals surface area contributed by atoms with Crippen molar-refractivity contribution < 1.29 is 0 Å². The molecular formula is C10H12BrN. The zero-order valence-electron chi connectivity index (χ0n) is 6.89. The van der Waals surface area contributed by atoms with Crippen LogP contribution in [0.1, 0.15) is 18.4 Å². The number of nitrogens with two attached hydrogens (primary N) is 1. The van der Waals surface area contributed by atoms with E-state index in [9.17, 15) is 0 Å². The highest BCUT2D eigenvalue weighted by molar-refractivity contribution is 9.10. The molecule has 1 aromatic rings. The van der Waals surface area contributed by atoms with Gasteiger partial charge in [-0.3, -0.25) is 0 Å². The molecule has 0 saturated heterocycles. The fraction of sp³-hybridized carbons (Fsp3) is 0.400. The molecule has 2 heteroatoms. The molecular weight excluding hydrogens is 214 g/mol. The van der Waals surface area contributed by atoms with Gasteiger partial charge in [0.1, 0.15) is 0 Å². The lowest BCUT2D eigenvalue weighted by Crippen LogP contribution is -2.24. The molecule has 0 amide bonds. The molecule has 1 aliphatic rings. The molecule has 1 aliphatic carbocycles. The van der Waals surface area contributed by atoms with Gasteiger partial charge in [-0.25, -0.2) is 0 Å². The molecule has 64 valence electrons. The van der Waals surface area contributed by atoms with Gasteiger partial charge in [-0.1, -0.05) is 34.1 Å². The molecule has 0 spiro atoms. The normalized spacial score (nSPS) is 19.2. The van der Waals surface area contributed by atoms with Crippen molar-refractivity contribution in [3.8, 4) is 0 Å². The standard InChI is InChI=1S/C10H12BrN/c11-9-4-2-1-3-8(9)7-10(12)5-6-10/h1-4H,5-7,12H2. The smallest absolute Gasteiger partial charge is 0.0207 e. The Morgan fingerprint density at radius 2 is 2.00 bits per heavy atom. The minimum atomic E-state index is 0.115. The van der Waals surface area contributed by atoms with Crippen LogP contribution >= 0.6 is 15.9 Å². The number of hydrogen-bond acceptors (Lipinski definition) is 1. The van der Waals surface area contributed by atoms with Gasteiger partial charge in [0.2, 0.25) is 0 Å². The van der Waals surface area contributed by atoms with Gasteiger partial charge in [-0.15, -0.1) is 0 Å². The number of benzene rings is 1. The summed E-state index contributed by atoms with van der Waals surface area (Å²) < 4.78 is 1.18. The molecule has 0 aliphatic heterocycles. The van der Waals surface area contributed by atoms with Crippen molar-refractivity contribution in [1.29, 1.82) is 0 Å². The van der Waals surface area contributed by atoms with Crippen LogP contribution in [-0.4, -0.2) is 5.54 Å². The first-order valence-electron chi connectivity index (χ1n) is 4.22. The Morgan fingerprint density at radius 1 is 1.33 bits per heavy atom. The monoisotopic (exact) mass is 225 g/mol. The Hall–Kier alpha value is -0.340. The Kier molecular flexibility index (Phi) is 1.97. The molecule has 0 radical (unpaired) electrons. The fourth-order valence-corrected chi connectivity index (χ4v) is 1.78. The van der Waals surface area contributed by atoms with Crippen LogP contribution in [0.3, 0.4) is 0 Å². The van der Waals surface area contributed by atoms with E-state index in [1.54, 1.807) is 0 Å². The topological polar surface area (TPSA) is 26.0 Å². The highest BCUT2D eigenvalue weighted by Gasteiger charge is 2.38. The van der Waals surface area contributed by atoms with E-state index >= 15 is 0 Å². The van der Waals surface area contributed by atoms with Crippen molar-refractivity contribution in [2.75, 3.05) is 0 Å². The van der Waals surface area contributed by atoms with Crippen molar-refractivity contribution in [1.82, 2.24) is 0 Å². The van der Waals surface area contributed by atoms with E-state index < -0.39 is 0 Å². The summed E-state index contributed by atoms with van der Waals surface area (Å²) >= 11 is 3.52. The predicted molar refractivity (Wildman–Crippen MR) is 54.0 cm³/mol. The Bertz CT molecular complexity index is 292. The first kappa shape index (κ1) is 8.27. The van der Waals surface area contributed by atoms with Gasteiger partial charge >= 0.3 is 0 Å². The van der Waals surface area contributed by atoms with E-state index in [4.69, 9.17) is 5.73 Å². The zero-order valence-corrected chi connectivity index (χ0v) is 8.47. The Labute approximate surface area is 81.1 Å². The van der Waals surface area contributed by atoms with Gasteiger partial charge in [0, 0.05) is 10.0 Å². The molecule has 1 aromatic carbocycles. The number of hydrogen-bond donors (Lipinski definition) is 1. The number of halogens is 1. The van der Waals surface area contributed by atoms with E-state index in [1.807, 2.05) is 6.07 Å². The average Bonchev–Trinajstić information content (AvgIpc) is 2.74. The van der Waals surface area contributed by atoms with Crippen LogP contribution in [0.4, 0.5) is 0 Å². The molecule has 1 saturated carbocycles. The van der Waals surface area contributed by atoms with E-state index in [0.717, 1.165) is 6.42 Å². The third kappa shape index (κ3) is 1.70. The van der Waals surface area contributed by atoms with Gasteiger partial charge in [0.05, 0.1) is 0 Å². The van der Waals surface area contributed by atoms with Crippen molar-refractivity contribution >= 4 is 15.9 Å². The van der Waals surface area contributed by atoms with E-state index in [0.29, 0.717) is 0 Å². The third-order valence-corrected chi connectivity index (χ3v) is 3.17. The van der Waals surface area contributed by atoms with Crippen molar-refractivity contribution in [2.45, 2.75) is 24.8 Å². The maximum atomic E-state index is 6.03. The molecule has 0 heterocycles. The Morgan fingerprint density at radius 3 is 2.58 bits per heavy atom. The van der Waals surface area contributed by atoms with Crippen LogP contribution in [-0.2, 0) is 6.42 Å². The molecule has 1 nitrogen and oxygen atoms in total. The quantitative estimate of drug-likeness (QED) is 0.823. The minimum Gasteiger partial charge on any atom is -0.325 e. The van der Waals surface area contributed by atoms with E-state index in [-0.39, 0.29) is 5.54 Å². The van der Waals surface area contributed by atoms with Crippen LogP contribution < -0.4 is 5.73 Å². The minimum absolute atomic E-state index is 0.115. The molecule has 0 aromatic heterocycles. The van der Waals surface area contributed by atoms with Gasteiger partial charge < -0.3 is 5.73 Å². The van der Waals surface area contributed by atoms with Crippen LogP contribution in [0.15, 0.2) is 28.7 Å². The van der Waals surface area contributed by atoms with Gasteiger partial charge in [-0.2, -0.15) is 0 Å². The van der Waals surface area contributed by atoms with Crippen molar-refractivity contribution in [2.24, 2.45) is 5.73 Å². The third-order valence-electron chi connectivity index (χ3n) is 2.39. The summed E-state index contributed by atoms with van der Waals surface area (Å²) in [5, 5.41) is 0. The first-order valence-corrected chi connectivity index (χ1v) is 5.01. The van der Waals surface area contributed by atoms with Gasteiger partial charge in [-0.05, 0) is 30.9 Å². The second-order valence-electron chi connectivity index (χ2n) is 3.63. The second kappa shape index (κ2) is 2.86. The lowest BCUT2D eigenvalue weighted by molar-refractivity contribution is 0.670. The largest absolute Gasteiger partial charge is 0.325 e. The summed E-state index contributed by atoms with van der Waals surface area (Å²) in [6.45, 7) is 0. The lowest BCUT2D eigenvalue weighted by atomic mass is 10.1. The summed E-state index contributed by atoms with van der Waals surface area (Å²) in [5.74, 6) is 0. The SMILES string of the molecule is NC1(Cc2ccccc2Br)CC1. The van der Waals surface area contributed by atoms with Crippen molar-refractivity contribution in [3.63, 3.8) is 0 Å². The van der Waals surface area contributed by atoms with Crippen molar-refractivity contribution in [3.05, 3.63) is 34.3 Å². The summed E-state index contributed by atoms with van der Waals surface area (Å²) in [5.41, 5.74) is 7.47. The maximum Gasteiger partial charge on any atom is 0.0207 e. The van der Waals surface area contributed by atoms with E-state index in [1.165, 1.54) is 22.9 Å². The zero-order chi connectivity index (χ0) is 8.60. The van der Waals surface area contributed by atoms with Crippen LogP contribution in [0.2, 0.25) is 0 Å². The molecule has 2 N–H and O–H groups in total. The highest BCUT2D eigenvalue weighted by atomic mass is 79.9. The molecule has 0 atom stereocenters. The predicted octanol–water partition coefficient (Wildman–Crippen LogP) is 2.48. The molecule has 0 unspecified atom stereocenters. The van der Waals surface area contributed by atoms with Gasteiger partial charge in [0.25, 0.3) is 0 Å². The molecule has 2 rings (SSSR count). The first-order chi connectivity index (χ1) is 5.70. The molecule has 12 heavy (non-hydrogen) atoms. The van der Waals surface area contributed by atoms with Crippen LogP contribution in [0, 0.1) is 0 Å². The second-order valence-corrected chi connectivity index (χ2v) is 4.48. The summed E-state index contributed by atoms with van der Waals surface area (Å²) in [6, 6.07) is 8.30. The average molecular weight is 226 g/mol. The molecule has 0 bridgehead atoms. The lowest BCUT2D eigenvalue weighted by Gasteiger charge is -2.09. The number of rotatable bonds is 2. The van der Waals surface area contributed by atoms with Crippen LogP contribution in [0.25, 0.3) is 0 Å². The summed E-state index contributed by atoms with van der Waals surface area (Å²) in [7, 11) is 0. The van der Waals surface area contributed by atoms with Gasteiger partial charge in [0.15, 0.2) is 0 Å². The Balaban J connectivity index is 2.17. The highest BCUT2D eigenvalue weighted by Crippen LogP contribution is 2.36. The molecule has 1 fully saturated rings. The summed E-state index contributed by atoms with van der Waals surface area (Å²) in [6.07, 6.45) is 3.36. The summed E-state index contributed by atoms with van der Waals surface area (Å²) in [4.78, 5) is 0. The maximum absolute atomic E-state index is 6.03.